The maximum atomic E-state index is 8.74. The molecule has 0 amide bonds. The lowest BCUT2D eigenvalue weighted by molar-refractivity contribution is 0.0948. The second-order valence-electron chi connectivity index (χ2n) is 3.48. The van der Waals surface area contributed by atoms with Crippen molar-refractivity contribution in [3.05, 3.63) is 23.7 Å². The van der Waals surface area contributed by atoms with Gasteiger partial charge in [-0.1, -0.05) is 0 Å². The van der Waals surface area contributed by atoms with E-state index in [0.29, 0.717) is 12.4 Å². The number of aliphatic hydroxyl groups is 1. The van der Waals surface area contributed by atoms with Crippen LogP contribution in [0, 0.1) is 5.92 Å². The number of rotatable bonds is 5. The van der Waals surface area contributed by atoms with E-state index < -0.39 is 0 Å². The SMILES string of the molecule is OCc1ccc(COCC2CC2)o1. The summed E-state index contributed by atoms with van der Waals surface area (Å²) >= 11 is 0. The van der Waals surface area contributed by atoms with Crippen LogP contribution >= 0.6 is 0 Å². The van der Waals surface area contributed by atoms with Crippen LogP contribution in [0.5, 0.6) is 0 Å². The van der Waals surface area contributed by atoms with Crippen molar-refractivity contribution in [1.82, 2.24) is 0 Å². The third-order valence-corrected chi connectivity index (χ3v) is 2.17. The summed E-state index contributed by atoms with van der Waals surface area (Å²) in [5.74, 6) is 2.18. The van der Waals surface area contributed by atoms with Gasteiger partial charge < -0.3 is 14.3 Å². The Hall–Kier alpha value is -0.800. The first kappa shape index (κ1) is 8.78. The van der Waals surface area contributed by atoms with Gasteiger partial charge in [0.05, 0.1) is 0 Å². The quantitative estimate of drug-likeness (QED) is 0.753. The number of ether oxygens (including phenoxy) is 1. The van der Waals surface area contributed by atoms with E-state index in [2.05, 4.69) is 0 Å². The summed E-state index contributed by atoms with van der Waals surface area (Å²) in [5, 5.41) is 8.74. The molecule has 1 aliphatic carbocycles. The first-order chi connectivity index (χ1) is 6.38. The molecule has 13 heavy (non-hydrogen) atoms. The molecule has 2 rings (SSSR count). The minimum Gasteiger partial charge on any atom is -0.461 e. The summed E-state index contributed by atoms with van der Waals surface area (Å²) in [7, 11) is 0. The Kier molecular flexibility index (Phi) is 2.66. The van der Waals surface area contributed by atoms with Crippen LogP contribution < -0.4 is 0 Å². The summed E-state index contributed by atoms with van der Waals surface area (Å²) in [6.07, 6.45) is 2.61. The predicted octanol–water partition coefficient (Wildman–Crippen LogP) is 1.70. The van der Waals surface area contributed by atoms with Crippen LogP contribution in [0.15, 0.2) is 16.5 Å². The molecule has 0 bridgehead atoms. The van der Waals surface area contributed by atoms with Gasteiger partial charge in [-0.15, -0.1) is 0 Å². The van der Waals surface area contributed by atoms with Gasteiger partial charge in [-0.25, -0.2) is 0 Å². The molecule has 1 fully saturated rings. The molecule has 0 spiro atoms. The fourth-order valence-corrected chi connectivity index (χ4v) is 1.20. The van der Waals surface area contributed by atoms with Gasteiger partial charge in [0.25, 0.3) is 0 Å². The zero-order valence-electron chi connectivity index (χ0n) is 7.53. The van der Waals surface area contributed by atoms with Gasteiger partial charge >= 0.3 is 0 Å². The summed E-state index contributed by atoms with van der Waals surface area (Å²) in [4.78, 5) is 0. The molecule has 0 saturated heterocycles. The van der Waals surface area contributed by atoms with E-state index in [1.165, 1.54) is 12.8 Å². The first-order valence-corrected chi connectivity index (χ1v) is 4.64. The Morgan fingerprint density at radius 1 is 1.38 bits per heavy atom. The lowest BCUT2D eigenvalue weighted by Gasteiger charge is -1.99. The second kappa shape index (κ2) is 3.94. The highest BCUT2D eigenvalue weighted by molar-refractivity contribution is 5.05. The van der Waals surface area contributed by atoms with E-state index in [1.807, 2.05) is 6.07 Å². The first-order valence-electron chi connectivity index (χ1n) is 4.64. The van der Waals surface area contributed by atoms with Crippen LogP contribution in [0.2, 0.25) is 0 Å². The monoisotopic (exact) mass is 182 g/mol. The zero-order chi connectivity index (χ0) is 9.10. The van der Waals surface area contributed by atoms with Crippen molar-refractivity contribution in [1.29, 1.82) is 0 Å². The summed E-state index contributed by atoms with van der Waals surface area (Å²) in [6, 6.07) is 3.62. The fraction of sp³-hybridized carbons (Fsp3) is 0.600. The molecule has 1 aromatic rings. The molecule has 0 radical (unpaired) electrons. The van der Waals surface area contributed by atoms with E-state index in [0.717, 1.165) is 18.3 Å². The maximum absolute atomic E-state index is 8.74. The van der Waals surface area contributed by atoms with Crippen LogP contribution in [-0.4, -0.2) is 11.7 Å². The van der Waals surface area contributed by atoms with Crippen LogP contribution in [0.4, 0.5) is 0 Å². The van der Waals surface area contributed by atoms with Crippen LogP contribution in [0.25, 0.3) is 0 Å². The Labute approximate surface area is 77.3 Å². The van der Waals surface area contributed by atoms with Gasteiger partial charge in [-0.05, 0) is 30.9 Å². The highest BCUT2D eigenvalue weighted by Gasteiger charge is 2.21. The van der Waals surface area contributed by atoms with Gasteiger partial charge in [0.1, 0.15) is 24.7 Å². The number of furan rings is 1. The largest absolute Gasteiger partial charge is 0.461 e. The van der Waals surface area contributed by atoms with Crippen LogP contribution in [-0.2, 0) is 18.0 Å². The molecule has 1 aromatic heterocycles. The van der Waals surface area contributed by atoms with E-state index in [9.17, 15) is 0 Å². The minimum atomic E-state index is -0.0391. The molecular formula is C10H14O3. The normalized spacial score (nSPS) is 16.4. The second-order valence-corrected chi connectivity index (χ2v) is 3.48. The van der Waals surface area contributed by atoms with Crippen molar-refractivity contribution in [3.8, 4) is 0 Å². The molecule has 0 aliphatic heterocycles. The van der Waals surface area contributed by atoms with Crippen molar-refractivity contribution in [2.75, 3.05) is 6.61 Å². The van der Waals surface area contributed by atoms with Crippen LogP contribution in [0.3, 0.4) is 0 Å². The molecule has 0 aromatic carbocycles. The van der Waals surface area contributed by atoms with Gasteiger partial charge in [0.2, 0.25) is 0 Å². The fourth-order valence-electron chi connectivity index (χ4n) is 1.20. The molecule has 3 nitrogen and oxygen atoms in total. The van der Waals surface area contributed by atoms with Crippen molar-refractivity contribution >= 4 is 0 Å². The average molecular weight is 182 g/mol. The van der Waals surface area contributed by atoms with Crippen LogP contribution in [0.1, 0.15) is 24.4 Å². The standard InChI is InChI=1S/C10H14O3/c11-5-9-3-4-10(13-9)7-12-6-8-1-2-8/h3-4,8,11H,1-2,5-7H2. The van der Waals surface area contributed by atoms with Crippen molar-refractivity contribution in [2.45, 2.75) is 26.1 Å². The lowest BCUT2D eigenvalue weighted by Crippen LogP contribution is -1.95. The highest BCUT2D eigenvalue weighted by Crippen LogP contribution is 2.29. The molecule has 0 unspecified atom stereocenters. The van der Waals surface area contributed by atoms with Crippen molar-refractivity contribution in [2.24, 2.45) is 5.92 Å². The van der Waals surface area contributed by atoms with E-state index in [-0.39, 0.29) is 6.61 Å². The highest BCUT2D eigenvalue weighted by atomic mass is 16.5. The van der Waals surface area contributed by atoms with Crippen molar-refractivity contribution < 1.29 is 14.3 Å². The van der Waals surface area contributed by atoms with E-state index in [4.69, 9.17) is 14.3 Å². The zero-order valence-corrected chi connectivity index (χ0v) is 7.53. The Morgan fingerprint density at radius 3 is 2.77 bits per heavy atom. The minimum absolute atomic E-state index is 0.0391. The predicted molar refractivity (Wildman–Crippen MR) is 47.0 cm³/mol. The number of aliphatic hydroxyl groups excluding tert-OH is 1. The lowest BCUT2D eigenvalue weighted by atomic mass is 10.4. The maximum Gasteiger partial charge on any atom is 0.129 e. The topological polar surface area (TPSA) is 42.6 Å². The summed E-state index contributed by atoms with van der Waals surface area (Å²) in [6.45, 7) is 1.33. The van der Waals surface area contributed by atoms with E-state index >= 15 is 0 Å². The average Bonchev–Trinajstić information content (AvgIpc) is 2.84. The van der Waals surface area contributed by atoms with Crippen molar-refractivity contribution in [3.63, 3.8) is 0 Å². The molecule has 1 saturated carbocycles. The summed E-state index contributed by atoms with van der Waals surface area (Å²) < 4.78 is 10.7. The molecule has 1 N–H and O–H groups in total. The Bertz CT molecular complexity index is 263. The third-order valence-electron chi connectivity index (χ3n) is 2.17. The van der Waals surface area contributed by atoms with Gasteiger partial charge in [-0.3, -0.25) is 0 Å². The Balaban J connectivity index is 1.72. The van der Waals surface area contributed by atoms with E-state index in [1.54, 1.807) is 6.07 Å². The number of hydrogen-bond acceptors (Lipinski definition) is 3. The number of hydrogen-bond donors (Lipinski definition) is 1. The van der Waals surface area contributed by atoms with Gasteiger partial charge in [0, 0.05) is 6.61 Å². The van der Waals surface area contributed by atoms with Gasteiger partial charge in [-0.2, -0.15) is 0 Å². The third kappa shape index (κ3) is 2.57. The smallest absolute Gasteiger partial charge is 0.129 e. The molecule has 72 valence electrons. The molecule has 0 atom stereocenters. The van der Waals surface area contributed by atoms with Gasteiger partial charge in [0.15, 0.2) is 0 Å². The molecule has 3 heteroatoms. The molecular weight excluding hydrogens is 168 g/mol. The molecule has 1 heterocycles. The molecule has 1 aliphatic rings. The Morgan fingerprint density at radius 2 is 2.15 bits per heavy atom. The summed E-state index contributed by atoms with van der Waals surface area (Å²) in [5.41, 5.74) is 0.